The topological polar surface area (TPSA) is 64.0 Å². The summed E-state index contributed by atoms with van der Waals surface area (Å²) in [5, 5.41) is 20.0. The molecule has 0 aliphatic carbocycles. The standard InChI is InChI=1S/C33H34N2O3/c1-23-21-35(24(2)20-34(23)22-25-9-4-3-5-10-25)32(28-11-8-12-29(36)19-28)27-17-15-26(16-18-27)30-13-6-7-14-31(30)33(37)38/h3-19,23-24,32,36H,20-22H2,1-2H3,(H,37,38)/t23-,24+,32-/m1/s1. The highest BCUT2D eigenvalue weighted by Gasteiger charge is 2.35. The minimum atomic E-state index is -0.932. The first-order valence-corrected chi connectivity index (χ1v) is 13.2. The maximum atomic E-state index is 11.8. The Morgan fingerprint density at radius 1 is 0.816 bits per heavy atom. The summed E-state index contributed by atoms with van der Waals surface area (Å²) in [5.41, 5.74) is 5.35. The van der Waals surface area contributed by atoms with Crippen molar-refractivity contribution < 1.29 is 15.0 Å². The van der Waals surface area contributed by atoms with Crippen LogP contribution in [0.5, 0.6) is 5.75 Å². The summed E-state index contributed by atoms with van der Waals surface area (Å²) in [5.74, 6) is -0.679. The van der Waals surface area contributed by atoms with E-state index in [2.05, 4.69) is 72.2 Å². The van der Waals surface area contributed by atoms with Crippen molar-refractivity contribution in [3.63, 3.8) is 0 Å². The lowest BCUT2D eigenvalue weighted by Gasteiger charge is -2.47. The van der Waals surface area contributed by atoms with Crippen LogP contribution < -0.4 is 0 Å². The average molecular weight is 507 g/mol. The van der Waals surface area contributed by atoms with Gasteiger partial charge in [0.1, 0.15) is 5.75 Å². The molecule has 1 aliphatic rings. The first-order chi connectivity index (χ1) is 18.4. The lowest BCUT2D eigenvalue weighted by molar-refractivity contribution is 0.0195. The monoisotopic (exact) mass is 506 g/mol. The molecule has 194 valence electrons. The van der Waals surface area contributed by atoms with Crippen molar-refractivity contribution in [2.24, 2.45) is 0 Å². The number of nitrogens with zero attached hydrogens (tertiary/aromatic N) is 2. The van der Waals surface area contributed by atoms with Gasteiger partial charge in [-0.3, -0.25) is 9.80 Å². The highest BCUT2D eigenvalue weighted by atomic mass is 16.4. The van der Waals surface area contributed by atoms with Crippen LogP contribution in [0.4, 0.5) is 0 Å². The SMILES string of the molecule is C[C@@H]1CN([C@H](c2ccc(-c3ccccc3C(=O)O)cc2)c2cccc(O)c2)[C@@H](C)CN1Cc1ccccc1. The number of aromatic hydroxyl groups is 1. The lowest BCUT2D eigenvalue weighted by atomic mass is 9.91. The minimum absolute atomic E-state index is 0.0396. The zero-order valence-electron chi connectivity index (χ0n) is 21.9. The average Bonchev–Trinajstić information content (AvgIpc) is 2.92. The number of piperazine rings is 1. The third-order valence-electron chi connectivity index (χ3n) is 7.60. The van der Waals surface area contributed by atoms with Gasteiger partial charge in [-0.25, -0.2) is 4.79 Å². The van der Waals surface area contributed by atoms with Gasteiger partial charge in [-0.2, -0.15) is 0 Å². The molecule has 2 N–H and O–H groups in total. The van der Waals surface area contributed by atoms with Gasteiger partial charge in [-0.05, 0) is 59.9 Å². The van der Waals surface area contributed by atoms with E-state index in [0.29, 0.717) is 17.2 Å². The fraction of sp³-hybridized carbons (Fsp3) is 0.242. The Morgan fingerprint density at radius 2 is 1.53 bits per heavy atom. The summed E-state index contributed by atoms with van der Waals surface area (Å²) in [6, 6.07) is 34.0. The maximum absolute atomic E-state index is 11.8. The molecule has 0 saturated carbocycles. The molecule has 4 aromatic rings. The van der Waals surface area contributed by atoms with E-state index in [4.69, 9.17) is 0 Å². The molecular weight excluding hydrogens is 472 g/mol. The number of benzene rings is 4. The fourth-order valence-corrected chi connectivity index (χ4v) is 5.66. The van der Waals surface area contributed by atoms with Crippen molar-refractivity contribution in [2.75, 3.05) is 13.1 Å². The Morgan fingerprint density at radius 3 is 2.24 bits per heavy atom. The van der Waals surface area contributed by atoms with Crippen molar-refractivity contribution in [2.45, 2.75) is 38.5 Å². The molecule has 0 aromatic heterocycles. The van der Waals surface area contributed by atoms with Crippen molar-refractivity contribution in [1.82, 2.24) is 9.80 Å². The Labute approximate surface area is 224 Å². The number of phenols is 1. The van der Waals surface area contributed by atoms with Gasteiger partial charge < -0.3 is 10.2 Å². The Hall–Kier alpha value is -3.93. The van der Waals surface area contributed by atoms with Crippen LogP contribution in [0.1, 0.15) is 46.9 Å². The van der Waals surface area contributed by atoms with Crippen molar-refractivity contribution in [3.05, 3.63) is 125 Å². The Bertz CT molecular complexity index is 1390. The van der Waals surface area contributed by atoms with Gasteiger partial charge in [0.25, 0.3) is 0 Å². The molecule has 4 aromatic carbocycles. The number of rotatable bonds is 7. The van der Waals surface area contributed by atoms with E-state index in [1.165, 1.54) is 5.56 Å². The molecular formula is C33H34N2O3. The Kier molecular flexibility index (Phi) is 7.59. The molecule has 5 heteroatoms. The first-order valence-electron chi connectivity index (χ1n) is 13.2. The largest absolute Gasteiger partial charge is 0.508 e. The number of phenolic OH excluding ortho intramolecular Hbond substituents is 1. The summed E-state index contributed by atoms with van der Waals surface area (Å²) in [7, 11) is 0. The zero-order chi connectivity index (χ0) is 26.6. The van der Waals surface area contributed by atoms with E-state index in [1.807, 2.05) is 36.4 Å². The van der Waals surface area contributed by atoms with E-state index in [0.717, 1.165) is 36.3 Å². The molecule has 38 heavy (non-hydrogen) atoms. The fourth-order valence-electron chi connectivity index (χ4n) is 5.66. The number of carboxylic acids is 1. The van der Waals surface area contributed by atoms with Crippen LogP contribution in [0.25, 0.3) is 11.1 Å². The molecule has 3 atom stereocenters. The van der Waals surface area contributed by atoms with Gasteiger partial charge in [0, 0.05) is 31.7 Å². The maximum Gasteiger partial charge on any atom is 0.336 e. The molecule has 1 heterocycles. The van der Waals surface area contributed by atoms with E-state index >= 15 is 0 Å². The van der Waals surface area contributed by atoms with Crippen LogP contribution >= 0.6 is 0 Å². The Balaban J connectivity index is 1.46. The minimum Gasteiger partial charge on any atom is -0.508 e. The van der Waals surface area contributed by atoms with Gasteiger partial charge in [0.05, 0.1) is 11.6 Å². The van der Waals surface area contributed by atoms with E-state index < -0.39 is 5.97 Å². The van der Waals surface area contributed by atoms with Crippen LogP contribution in [0.2, 0.25) is 0 Å². The van der Waals surface area contributed by atoms with Crippen molar-refractivity contribution >= 4 is 5.97 Å². The van der Waals surface area contributed by atoms with E-state index in [1.54, 1.807) is 18.2 Å². The van der Waals surface area contributed by atoms with Gasteiger partial charge in [0.15, 0.2) is 0 Å². The third-order valence-corrected chi connectivity index (χ3v) is 7.60. The molecule has 5 rings (SSSR count). The number of carbonyl (C=O) groups is 1. The smallest absolute Gasteiger partial charge is 0.336 e. The van der Waals surface area contributed by atoms with Gasteiger partial charge in [-0.1, -0.05) is 84.9 Å². The molecule has 0 radical (unpaired) electrons. The van der Waals surface area contributed by atoms with Crippen LogP contribution in [-0.4, -0.2) is 51.2 Å². The van der Waals surface area contributed by atoms with Crippen molar-refractivity contribution in [1.29, 1.82) is 0 Å². The number of hydrogen-bond acceptors (Lipinski definition) is 4. The predicted molar refractivity (Wildman–Crippen MR) is 151 cm³/mol. The quantitative estimate of drug-likeness (QED) is 0.302. The molecule has 1 saturated heterocycles. The first kappa shape index (κ1) is 25.7. The predicted octanol–water partition coefficient (Wildman–Crippen LogP) is 6.44. The van der Waals surface area contributed by atoms with E-state index in [9.17, 15) is 15.0 Å². The second kappa shape index (κ2) is 11.2. The molecule has 0 unspecified atom stereocenters. The van der Waals surface area contributed by atoms with Crippen LogP contribution in [-0.2, 0) is 6.54 Å². The van der Waals surface area contributed by atoms with Crippen molar-refractivity contribution in [3.8, 4) is 16.9 Å². The molecule has 1 fully saturated rings. The molecule has 5 nitrogen and oxygen atoms in total. The molecule has 0 bridgehead atoms. The normalized spacial score (nSPS) is 19.2. The molecule has 1 aliphatic heterocycles. The zero-order valence-corrected chi connectivity index (χ0v) is 21.9. The highest BCUT2D eigenvalue weighted by Crippen LogP contribution is 2.36. The van der Waals surface area contributed by atoms with Gasteiger partial charge in [-0.15, -0.1) is 0 Å². The summed E-state index contributed by atoms with van der Waals surface area (Å²) in [6.45, 7) is 7.31. The summed E-state index contributed by atoms with van der Waals surface area (Å²) in [4.78, 5) is 16.8. The third kappa shape index (κ3) is 5.49. The number of carboxylic acid groups (broad SMARTS) is 1. The van der Waals surface area contributed by atoms with E-state index in [-0.39, 0.29) is 17.8 Å². The second-order valence-corrected chi connectivity index (χ2v) is 10.3. The number of aromatic carboxylic acids is 1. The van der Waals surface area contributed by atoms with Gasteiger partial charge in [0.2, 0.25) is 0 Å². The van der Waals surface area contributed by atoms with Crippen LogP contribution in [0, 0.1) is 0 Å². The van der Waals surface area contributed by atoms with Crippen LogP contribution in [0.15, 0.2) is 103 Å². The molecule has 0 amide bonds. The summed E-state index contributed by atoms with van der Waals surface area (Å²) < 4.78 is 0. The van der Waals surface area contributed by atoms with Gasteiger partial charge >= 0.3 is 5.97 Å². The summed E-state index contributed by atoms with van der Waals surface area (Å²) in [6.07, 6.45) is 0. The lowest BCUT2D eigenvalue weighted by Crippen LogP contribution is -2.56. The second-order valence-electron chi connectivity index (χ2n) is 10.3. The number of hydrogen-bond donors (Lipinski definition) is 2. The molecule has 0 spiro atoms. The highest BCUT2D eigenvalue weighted by molar-refractivity contribution is 5.96. The summed E-state index contributed by atoms with van der Waals surface area (Å²) >= 11 is 0. The van der Waals surface area contributed by atoms with Crippen LogP contribution in [0.3, 0.4) is 0 Å².